The quantitative estimate of drug-likeness (QED) is 0.638. The molecule has 0 N–H and O–H groups in total. The smallest absolute Gasteiger partial charge is 0.245 e. The van der Waals surface area contributed by atoms with Crippen molar-refractivity contribution in [3.8, 4) is 5.69 Å². The third kappa shape index (κ3) is 6.09. The van der Waals surface area contributed by atoms with Crippen LogP contribution >= 0.6 is 11.6 Å². The van der Waals surface area contributed by atoms with Crippen molar-refractivity contribution in [1.82, 2.24) is 14.8 Å². The highest BCUT2D eigenvalue weighted by Crippen LogP contribution is 2.27. The summed E-state index contributed by atoms with van der Waals surface area (Å²) in [7, 11) is 0. The van der Waals surface area contributed by atoms with Crippen LogP contribution in [-0.4, -0.2) is 38.9 Å². The van der Waals surface area contributed by atoms with Crippen molar-refractivity contribution >= 4 is 29.0 Å². The minimum Gasteiger partial charge on any atom is -0.308 e. The Hall–Kier alpha value is -2.35. The SMILES string of the molecule is CCN(C(=O)CCC(=O)CCC(C)(F)F)c1cn(-c2cccnc2)nc1Cl. The fraction of sp³-hybridized carbons (Fsp3) is 0.444. The Bertz CT molecular complexity index is 790. The molecule has 0 aliphatic carbocycles. The molecule has 0 aromatic carbocycles. The number of halogens is 3. The molecule has 0 bridgehead atoms. The van der Waals surface area contributed by atoms with Crippen LogP contribution in [0.15, 0.2) is 30.7 Å². The molecule has 0 saturated carbocycles. The molecule has 27 heavy (non-hydrogen) atoms. The first-order valence-electron chi connectivity index (χ1n) is 8.56. The average molecular weight is 399 g/mol. The van der Waals surface area contributed by atoms with Gasteiger partial charge in [-0.2, -0.15) is 5.10 Å². The van der Waals surface area contributed by atoms with Crippen LogP contribution in [0.5, 0.6) is 0 Å². The van der Waals surface area contributed by atoms with Crippen LogP contribution in [0.2, 0.25) is 5.15 Å². The maximum atomic E-state index is 12.8. The second-order valence-electron chi connectivity index (χ2n) is 6.21. The minimum absolute atomic E-state index is 0.0731. The summed E-state index contributed by atoms with van der Waals surface area (Å²) in [5.41, 5.74) is 1.10. The van der Waals surface area contributed by atoms with Crippen molar-refractivity contribution in [3.05, 3.63) is 35.9 Å². The summed E-state index contributed by atoms with van der Waals surface area (Å²) in [4.78, 5) is 29.7. The van der Waals surface area contributed by atoms with Crippen LogP contribution in [0.1, 0.15) is 39.5 Å². The second kappa shape index (κ2) is 9.03. The summed E-state index contributed by atoms with van der Waals surface area (Å²) in [6.07, 6.45) is 3.93. The summed E-state index contributed by atoms with van der Waals surface area (Å²) < 4.78 is 27.1. The first-order chi connectivity index (χ1) is 12.7. The Balaban J connectivity index is 2.03. The van der Waals surface area contributed by atoms with E-state index in [1.807, 2.05) is 0 Å². The van der Waals surface area contributed by atoms with E-state index in [9.17, 15) is 18.4 Å². The van der Waals surface area contributed by atoms with Gasteiger partial charge in [-0.3, -0.25) is 14.6 Å². The van der Waals surface area contributed by atoms with Crippen molar-refractivity contribution < 1.29 is 18.4 Å². The summed E-state index contributed by atoms with van der Waals surface area (Å²) in [6, 6.07) is 3.54. The maximum absolute atomic E-state index is 12.8. The van der Waals surface area contributed by atoms with E-state index >= 15 is 0 Å². The topological polar surface area (TPSA) is 68.1 Å². The summed E-state index contributed by atoms with van der Waals surface area (Å²) in [5.74, 6) is -3.57. The number of carbonyl (C=O) groups is 2. The first-order valence-corrected chi connectivity index (χ1v) is 8.94. The molecule has 0 saturated heterocycles. The summed E-state index contributed by atoms with van der Waals surface area (Å²) in [6.45, 7) is 2.87. The number of pyridine rings is 1. The fourth-order valence-electron chi connectivity index (χ4n) is 2.49. The summed E-state index contributed by atoms with van der Waals surface area (Å²) in [5, 5.41) is 4.33. The monoisotopic (exact) mass is 398 g/mol. The van der Waals surface area contributed by atoms with Gasteiger partial charge in [0.1, 0.15) is 11.5 Å². The van der Waals surface area contributed by atoms with Crippen molar-refractivity contribution in [2.45, 2.75) is 45.5 Å². The van der Waals surface area contributed by atoms with E-state index in [2.05, 4.69) is 10.1 Å². The second-order valence-corrected chi connectivity index (χ2v) is 6.57. The Kier molecular flexibility index (Phi) is 7.01. The molecule has 0 radical (unpaired) electrons. The number of alkyl halides is 2. The molecule has 0 spiro atoms. The number of nitrogens with zero attached hydrogens (tertiary/aromatic N) is 4. The Morgan fingerprint density at radius 3 is 2.63 bits per heavy atom. The largest absolute Gasteiger partial charge is 0.308 e. The summed E-state index contributed by atoms with van der Waals surface area (Å²) >= 11 is 6.18. The number of rotatable bonds is 9. The number of Topliss-reactive ketones (excluding diaryl/α,β-unsaturated/α-hetero) is 1. The van der Waals surface area contributed by atoms with Gasteiger partial charge in [-0.1, -0.05) is 11.6 Å². The normalized spacial score (nSPS) is 11.4. The molecule has 0 aliphatic heterocycles. The molecule has 2 aromatic rings. The van der Waals surface area contributed by atoms with Gasteiger partial charge in [0.15, 0.2) is 5.15 Å². The molecule has 2 heterocycles. The van der Waals surface area contributed by atoms with Gasteiger partial charge in [-0.25, -0.2) is 13.5 Å². The van der Waals surface area contributed by atoms with E-state index in [0.717, 1.165) is 6.92 Å². The standard InChI is InChI=1S/C18H21ClF2N4O2/c1-3-24(16(27)7-6-14(26)8-9-18(2,20)21)15-12-25(23-17(15)19)13-5-4-10-22-11-13/h4-5,10-12H,3,6-9H2,1-2H3. The molecule has 146 valence electrons. The lowest BCUT2D eigenvalue weighted by Crippen LogP contribution is -2.30. The molecule has 2 aromatic heterocycles. The lowest BCUT2D eigenvalue weighted by molar-refractivity contribution is -0.124. The minimum atomic E-state index is -2.89. The molecule has 2 rings (SSSR count). The number of aromatic nitrogens is 3. The third-order valence-electron chi connectivity index (χ3n) is 3.93. The van der Waals surface area contributed by atoms with Gasteiger partial charge >= 0.3 is 0 Å². The predicted molar refractivity (Wildman–Crippen MR) is 98.5 cm³/mol. The highest BCUT2D eigenvalue weighted by Gasteiger charge is 2.24. The zero-order valence-electron chi connectivity index (χ0n) is 15.2. The van der Waals surface area contributed by atoms with Crippen molar-refractivity contribution in [2.24, 2.45) is 0 Å². The lowest BCUT2D eigenvalue weighted by atomic mass is 10.1. The van der Waals surface area contributed by atoms with Gasteiger partial charge in [0.2, 0.25) is 11.8 Å². The van der Waals surface area contributed by atoms with Crippen molar-refractivity contribution in [1.29, 1.82) is 0 Å². The molecule has 0 atom stereocenters. The zero-order valence-corrected chi connectivity index (χ0v) is 15.9. The number of hydrogen-bond donors (Lipinski definition) is 0. The zero-order chi connectivity index (χ0) is 20.0. The maximum Gasteiger partial charge on any atom is 0.245 e. The highest BCUT2D eigenvalue weighted by molar-refractivity contribution is 6.32. The van der Waals surface area contributed by atoms with Gasteiger partial charge in [0.25, 0.3) is 0 Å². The van der Waals surface area contributed by atoms with Gasteiger partial charge in [0.05, 0.1) is 18.1 Å². The molecule has 1 amide bonds. The lowest BCUT2D eigenvalue weighted by Gasteiger charge is -2.19. The van der Waals surface area contributed by atoms with Crippen LogP contribution < -0.4 is 4.90 Å². The third-order valence-corrected chi connectivity index (χ3v) is 4.20. The van der Waals surface area contributed by atoms with Crippen LogP contribution in [-0.2, 0) is 9.59 Å². The molecule has 0 fully saturated rings. The van der Waals surface area contributed by atoms with Crippen LogP contribution in [0.25, 0.3) is 5.69 Å². The van der Waals surface area contributed by atoms with Crippen LogP contribution in [0, 0.1) is 0 Å². The van der Waals surface area contributed by atoms with E-state index in [0.29, 0.717) is 17.9 Å². The number of carbonyl (C=O) groups excluding carboxylic acids is 2. The van der Waals surface area contributed by atoms with E-state index in [1.165, 1.54) is 9.58 Å². The molecular formula is C18H21ClF2N4O2. The van der Waals surface area contributed by atoms with Gasteiger partial charge in [-0.15, -0.1) is 0 Å². The number of hydrogen-bond acceptors (Lipinski definition) is 4. The van der Waals surface area contributed by atoms with Gasteiger partial charge in [0, 0.05) is 38.4 Å². The van der Waals surface area contributed by atoms with Gasteiger partial charge in [-0.05, 0) is 26.0 Å². The molecule has 6 nitrogen and oxygen atoms in total. The van der Waals surface area contributed by atoms with E-state index in [1.54, 1.807) is 37.6 Å². The molecular weight excluding hydrogens is 378 g/mol. The molecule has 9 heteroatoms. The predicted octanol–water partition coefficient (Wildman–Crippen LogP) is 4.06. The Labute approximate surface area is 161 Å². The van der Waals surface area contributed by atoms with Crippen LogP contribution in [0.4, 0.5) is 14.5 Å². The number of amides is 1. The fourth-order valence-corrected chi connectivity index (χ4v) is 2.72. The van der Waals surface area contributed by atoms with Crippen LogP contribution in [0.3, 0.4) is 0 Å². The van der Waals surface area contributed by atoms with E-state index in [-0.39, 0.29) is 36.1 Å². The molecule has 0 unspecified atom stereocenters. The highest BCUT2D eigenvalue weighted by atomic mass is 35.5. The van der Waals surface area contributed by atoms with Crippen molar-refractivity contribution in [3.63, 3.8) is 0 Å². The van der Waals surface area contributed by atoms with Crippen molar-refractivity contribution in [2.75, 3.05) is 11.4 Å². The van der Waals surface area contributed by atoms with E-state index in [4.69, 9.17) is 11.6 Å². The first kappa shape index (κ1) is 21.0. The number of ketones is 1. The van der Waals surface area contributed by atoms with Gasteiger partial charge < -0.3 is 4.90 Å². The average Bonchev–Trinajstić information content (AvgIpc) is 3.00. The Morgan fingerprint density at radius 2 is 2.04 bits per heavy atom. The Morgan fingerprint density at radius 1 is 1.30 bits per heavy atom. The van der Waals surface area contributed by atoms with E-state index < -0.39 is 12.3 Å². The number of anilines is 1. The molecule has 0 aliphatic rings.